The summed E-state index contributed by atoms with van der Waals surface area (Å²) in [6.07, 6.45) is 3.63. The first kappa shape index (κ1) is 12.6. The lowest BCUT2D eigenvalue weighted by Gasteiger charge is -2.14. The van der Waals surface area contributed by atoms with Crippen LogP contribution in [0.15, 0.2) is 42.7 Å². The van der Waals surface area contributed by atoms with Crippen LogP contribution in [0, 0.1) is 0 Å². The van der Waals surface area contributed by atoms with Gasteiger partial charge in [0.1, 0.15) is 5.82 Å². The molecule has 3 N–H and O–H groups in total. The van der Waals surface area contributed by atoms with Gasteiger partial charge in [0.15, 0.2) is 0 Å². The monoisotopic (exact) mass is 267 g/mol. The van der Waals surface area contributed by atoms with Gasteiger partial charge >= 0.3 is 0 Å². The Morgan fingerprint density at radius 2 is 1.95 bits per heavy atom. The van der Waals surface area contributed by atoms with Crippen molar-refractivity contribution in [3.8, 4) is 0 Å². The van der Waals surface area contributed by atoms with Gasteiger partial charge in [0.2, 0.25) is 0 Å². The Kier molecular flexibility index (Phi) is 3.35. The quantitative estimate of drug-likeness (QED) is 0.711. The number of anilines is 1. The zero-order chi connectivity index (χ0) is 13.9. The van der Waals surface area contributed by atoms with Gasteiger partial charge in [0.25, 0.3) is 0 Å². The first-order chi connectivity index (χ1) is 9.70. The molecule has 20 heavy (non-hydrogen) atoms. The van der Waals surface area contributed by atoms with Crippen molar-refractivity contribution in [2.45, 2.75) is 13.1 Å². The standard InChI is InChI=1S/C15H17N5/c1-20(9-11-4-6-17-7-5-11)10-15-18-13-3-2-12(16)8-14(13)19-15/h2-8H,9-10,16H2,1H3,(H,18,19). The zero-order valence-electron chi connectivity index (χ0n) is 11.4. The number of nitrogen functional groups attached to an aromatic ring is 1. The highest BCUT2D eigenvalue weighted by Gasteiger charge is 2.06. The van der Waals surface area contributed by atoms with Crippen molar-refractivity contribution < 1.29 is 0 Å². The van der Waals surface area contributed by atoms with E-state index in [9.17, 15) is 0 Å². The Balaban J connectivity index is 1.72. The van der Waals surface area contributed by atoms with Crippen LogP contribution in [0.1, 0.15) is 11.4 Å². The van der Waals surface area contributed by atoms with E-state index in [1.807, 2.05) is 42.7 Å². The zero-order valence-corrected chi connectivity index (χ0v) is 11.4. The van der Waals surface area contributed by atoms with Crippen LogP contribution < -0.4 is 5.73 Å². The molecule has 0 saturated carbocycles. The van der Waals surface area contributed by atoms with E-state index in [1.54, 1.807) is 0 Å². The van der Waals surface area contributed by atoms with Gasteiger partial charge < -0.3 is 10.7 Å². The largest absolute Gasteiger partial charge is 0.399 e. The topological polar surface area (TPSA) is 70.8 Å². The molecule has 0 bridgehead atoms. The molecule has 5 heteroatoms. The minimum absolute atomic E-state index is 0.748. The Morgan fingerprint density at radius 1 is 1.15 bits per heavy atom. The van der Waals surface area contributed by atoms with Crippen molar-refractivity contribution in [1.82, 2.24) is 19.9 Å². The summed E-state index contributed by atoms with van der Waals surface area (Å²) in [5.74, 6) is 0.946. The smallest absolute Gasteiger partial charge is 0.121 e. The van der Waals surface area contributed by atoms with Gasteiger partial charge in [-0.25, -0.2) is 4.98 Å². The summed E-state index contributed by atoms with van der Waals surface area (Å²) in [6, 6.07) is 9.77. The molecule has 2 aromatic heterocycles. The number of H-pyrrole nitrogens is 1. The number of rotatable bonds is 4. The second-order valence-corrected chi connectivity index (χ2v) is 4.99. The normalized spacial score (nSPS) is 11.3. The molecule has 5 nitrogen and oxygen atoms in total. The van der Waals surface area contributed by atoms with E-state index < -0.39 is 0 Å². The van der Waals surface area contributed by atoms with E-state index in [-0.39, 0.29) is 0 Å². The predicted octanol–water partition coefficient (Wildman–Crippen LogP) is 2.17. The molecule has 102 valence electrons. The van der Waals surface area contributed by atoms with Crippen molar-refractivity contribution in [3.63, 3.8) is 0 Å². The minimum atomic E-state index is 0.748. The van der Waals surface area contributed by atoms with Crippen LogP contribution in [0.5, 0.6) is 0 Å². The van der Waals surface area contributed by atoms with Crippen LogP contribution in [0.3, 0.4) is 0 Å². The molecule has 2 heterocycles. The summed E-state index contributed by atoms with van der Waals surface area (Å²) in [4.78, 5) is 14.1. The summed E-state index contributed by atoms with van der Waals surface area (Å²) in [5.41, 5.74) is 9.69. The lowest BCUT2D eigenvalue weighted by atomic mass is 10.2. The molecule has 1 aromatic carbocycles. The van der Waals surface area contributed by atoms with E-state index in [1.165, 1.54) is 5.56 Å². The van der Waals surface area contributed by atoms with Crippen molar-refractivity contribution in [2.24, 2.45) is 0 Å². The van der Waals surface area contributed by atoms with Crippen LogP contribution in [0.25, 0.3) is 11.0 Å². The van der Waals surface area contributed by atoms with E-state index >= 15 is 0 Å². The molecule has 3 rings (SSSR count). The molecule has 0 fully saturated rings. The van der Waals surface area contributed by atoms with Crippen LogP contribution in [-0.2, 0) is 13.1 Å². The maximum Gasteiger partial charge on any atom is 0.121 e. The highest BCUT2D eigenvalue weighted by molar-refractivity contribution is 5.78. The molecule has 0 atom stereocenters. The second-order valence-electron chi connectivity index (χ2n) is 4.99. The van der Waals surface area contributed by atoms with Gasteiger partial charge in [-0.05, 0) is 42.9 Å². The molecule has 0 radical (unpaired) electrons. The lowest BCUT2D eigenvalue weighted by molar-refractivity contribution is 0.312. The molecule has 0 amide bonds. The fraction of sp³-hybridized carbons (Fsp3) is 0.200. The average Bonchev–Trinajstić information content (AvgIpc) is 2.80. The number of fused-ring (bicyclic) bond motifs is 1. The number of hydrogen-bond acceptors (Lipinski definition) is 4. The first-order valence-corrected chi connectivity index (χ1v) is 6.52. The predicted molar refractivity (Wildman–Crippen MR) is 79.9 cm³/mol. The van der Waals surface area contributed by atoms with Gasteiger partial charge in [-0.1, -0.05) is 0 Å². The third kappa shape index (κ3) is 2.78. The van der Waals surface area contributed by atoms with Crippen molar-refractivity contribution >= 4 is 16.7 Å². The number of nitrogens with one attached hydrogen (secondary N) is 1. The van der Waals surface area contributed by atoms with E-state index in [0.29, 0.717) is 0 Å². The highest BCUT2D eigenvalue weighted by Crippen LogP contribution is 2.16. The third-order valence-electron chi connectivity index (χ3n) is 3.18. The van der Waals surface area contributed by atoms with Gasteiger partial charge in [-0.3, -0.25) is 9.88 Å². The van der Waals surface area contributed by atoms with Crippen LogP contribution in [-0.4, -0.2) is 26.9 Å². The van der Waals surface area contributed by atoms with Crippen molar-refractivity contribution in [2.75, 3.05) is 12.8 Å². The summed E-state index contributed by atoms with van der Waals surface area (Å²) >= 11 is 0. The molecular formula is C15H17N5. The second kappa shape index (κ2) is 5.30. The maximum absolute atomic E-state index is 5.77. The SMILES string of the molecule is CN(Cc1ccncc1)Cc1nc2ccc(N)cc2[nH]1. The number of imidazole rings is 1. The first-order valence-electron chi connectivity index (χ1n) is 6.52. The van der Waals surface area contributed by atoms with Gasteiger partial charge in [0, 0.05) is 24.6 Å². The molecular weight excluding hydrogens is 250 g/mol. The molecule has 0 spiro atoms. The molecule has 0 unspecified atom stereocenters. The third-order valence-corrected chi connectivity index (χ3v) is 3.18. The van der Waals surface area contributed by atoms with Crippen molar-refractivity contribution in [3.05, 3.63) is 54.1 Å². The number of benzene rings is 1. The molecule has 0 saturated heterocycles. The van der Waals surface area contributed by atoms with Crippen LogP contribution in [0.2, 0.25) is 0 Å². The Labute approximate surface area is 117 Å². The van der Waals surface area contributed by atoms with Gasteiger partial charge in [-0.2, -0.15) is 0 Å². The summed E-state index contributed by atoms with van der Waals surface area (Å²) in [7, 11) is 2.07. The Morgan fingerprint density at radius 3 is 2.75 bits per heavy atom. The van der Waals surface area contributed by atoms with Crippen LogP contribution in [0.4, 0.5) is 5.69 Å². The fourth-order valence-electron chi connectivity index (χ4n) is 2.27. The Bertz CT molecular complexity index is 705. The summed E-state index contributed by atoms with van der Waals surface area (Å²) in [5, 5.41) is 0. The number of aromatic nitrogens is 3. The maximum atomic E-state index is 5.77. The number of nitrogens with zero attached hydrogens (tertiary/aromatic N) is 3. The number of nitrogens with two attached hydrogens (primary N) is 1. The average molecular weight is 267 g/mol. The highest BCUT2D eigenvalue weighted by atomic mass is 15.1. The number of aromatic amines is 1. The molecule has 0 aliphatic rings. The molecule has 0 aliphatic carbocycles. The summed E-state index contributed by atoms with van der Waals surface area (Å²) in [6.45, 7) is 1.62. The molecule has 3 aromatic rings. The fourth-order valence-corrected chi connectivity index (χ4v) is 2.27. The van der Waals surface area contributed by atoms with Crippen molar-refractivity contribution in [1.29, 1.82) is 0 Å². The van der Waals surface area contributed by atoms with E-state index in [2.05, 4.69) is 26.9 Å². The number of hydrogen-bond donors (Lipinski definition) is 2. The number of pyridine rings is 1. The van der Waals surface area contributed by atoms with E-state index in [4.69, 9.17) is 5.73 Å². The lowest BCUT2D eigenvalue weighted by Crippen LogP contribution is -2.18. The molecule has 0 aliphatic heterocycles. The van der Waals surface area contributed by atoms with Gasteiger partial charge in [0.05, 0.1) is 17.6 Å². The summed E-state index contributed by atoms with van der Waals surface area (Å²) < 4.78 is 0. The van der Waals surface area contributed by atoms with E-state index in [0.717, 1.165) is 35.6 Å². The van der Waals surface area contributed by atoms with Crippen LogP contribution >= 0.6 is 0 Å². The Hall–Kier alpha value is -2.40. The van der Waals surface area contributed by atoms with Gasteiger partial charge in [-0.15, -0.1) is 0 Å². The minimum Gasteiger partial charge on any atom is -0.399 e.